The van der Waals surface area contributed by atoms with Crippen molar-refractivity contribution in [1.29, 1.82) is 0 Å². The smallest absolute Gasteiger partial charge is 0.326 e. The van der Waals surface area contributed by atoms with E-state index in [2.05, 4.69) is 79.8 Å². The van der Waals surface area contributed by atoms with Crippen LogP contribution in [-0.4, -0.2) is 268 Å². The zero-order valence-corrected chi connectivity index (χ0v) is 63.8. The summed E-state index contributed by atoms with van der Waals surface area (Å²) in [6, 6.07) is -18.4. The maximum Gasteiger partial charge on any atom is 0.326 e. The van der Waals surface area contributed by atoms with Gasteiger partial charge in [0.05, 0.1) is 58.0 Å². The van der Waals surface area contributed by atoms with Gasteiger partial charge in [-0.3, -0.25) is 81.5 Å². The Morgan fingerprint density at radius 1 is 0.321 bits per heavy atom. The van der Waals surface area contributed by atoms with E-state index < -0.39 is 256 Å². The number of carboxylic acid groups (broad SMARTS) is 3. The second-order valence-corrected chi connectivity index (χ2v) is 28.1. The number of aliphatic hydroxyl groups is 3. The Hall–Kier alpha value is -9.78. The molecular weight excluding hydrogens is 1440 g/mol. The molecule has 0 radical (unpaired) electrons. The van der Waals surface area contributed by atoms with Crippen LogP contribution >= 0.6 is 0 Å². The zero-order chi connectivity index (χ0) is 83.5. The number of amides is 15. The molecule has 0 aromatic heterocycles. The molecule has 0 bridgehead atoms. The van der Waals surface area contributed by atoms with Crippen molar-refractivity contribution in [3.63, 3.8) is 0 Å². The molecule has 0 saturated carbocycles. The van der Waals surface area contributed by atoms with Crippen LogP contribution in [0, 0.1) is 29.6 Å². The molecule has 27 N–H and O–H groups in total. The summed E-state index contributed by atoms with van der Waals surface area (Å²) in [5.74, 6) is -21.8. The highest BCUT2D eigenvalue weighted by Crippen LogP contribution is 2.14. The Labute approximate surface area is 632 Å². The van der Waals surface area contributed by atoms with Crippen LogP contribution in [-0.2, 0) is 86.3 Å². The van der Waals surface area contributed by atoms with Gasteiger partial charge in [0.2, 0.25) is 88.6 Å². The second-order valence-electron chi connectivity index (χ2n) is 28.1. The van der Waals surface area contributed by atoms with E-state index in [0.717, 1.165) is 6.92 Å². The highest BCUT2D eigenvalue weighted by molar-refractivity contribution is 6.00. The minimum Gasteiger partial charge on any atom is -0.481 e. The summed E-state index contributed by atoms with van der Waals surface area (Å²) in [7, 11) is 0. The van der Waals surface area contributed by atoms with Gasteiger partial charge in [0.15, 0.2) is 0 Å². The van der Waals surface area contributed by atoms with Gasteiger partial charge in [-0.25, -0.2) is 4.79 Å². The molecule has 0 saturated heterocycles. The van der Waals surface area contributed by atoms with Crippen molar-refractivity contribution < 1.29 is 117 Å². The molecule has 0 unspecified atom stereocenters. The molecule has 0 aliphatic heterocycles. The van der Waals surface area contributed by atoms with Gasteiger partial charge >= 0.3 is 17.9 Å². The van der Waals surface area contributed by atoms with Crippen molar-refractivity contribution in [2.75, 3.05) is 52.5 Å². The number of carbonyl (C=O) groups excluding carboxylic acids is 15. The molecule has 0 fully saturated rings. The van der Waals surface area contributed by atoms with Crippen LogP contribution in [0.15, 0.2) is 0 Å². The van der Waals surface area contributed by atoms with Gasteiger partial charge in [-0.05, 0) is 107 Å². The first kappa shape index (κ1) is 99.2. The number of carboxylic acids is 3. The fraction of sp³-hybridized carbons (Fsp3) is 0.731. The molecule has 42 heteroatoms. The fourth-order valence-electron chi connectivity index (χ4n) is 10.2. The van der Waals surface area contributed by atoms with Crippen LogP contribution < -0.4 is 97.0 Å². The van der Waals surface area contributed by atoms with Gasteiger partial charge in [0, 0.05) is 6.42 Å². The minimum atomic E-state index is -1.90. The van der Waals surface area contributed by atoms with Gasteiger partial charge < -0.3 is 128 Å². The fourth-order valence-corrected chi connectivity index (χ4v) is 10.2. The number of carbonyl (C=O) groups is 18. The van der Waals surface area contributed by atoms with Gasteiger partial charge in [-0.15, -0.1) is 0 Å². The zero-order valence-electron chi connectivity index (χ0n) is 63.8. The molecule has 0 aliphatic carbocycles. The van der Waals surface area contributed by atoms with Crippen LogP contribution in [0.3, 0.4) is 0 Å². The van der Waals surface area contributed by atoms with Crippen molar-refractivity contribution in [2.45, 2.75) is 232 Å². The highest BCUT2D eigenvalue weighted by atomic mass is 16.4. The van der Waals surface area contributed by atoms with Gasteiger partial charge in [0.25, 0.3) is 0 Å². The molecule has 0 spiro atoms. The number of nitrogens with one attached hydrogen (secondary N) is 15. The summed E-state index contributed by atoms with van der Waals surface area (Å²) in [6.07, 6.45) is -1.89. The van der Waals surface area contributed by atoms with E-state index in [4.69, 9.17) is 22.3 Å². The predicted octanol–water partition coefficient (Wildman–Crippen LogP) is -8.39. The van der Waals surface area contributed by atoms with Crippen molar-refractivity contribution in [1.82, 2.24) is 79.8 Å². The third kappa shape index (κ3) is 40.8. The first-order valence-corrected chi connectivity index (χ1v) is 36.1. The minimum absolute atomic E-state index is 0.000252. The Kier molecular flexibility index (Phi) is 47.6. The molecule has 42 nitrogen and oxygen atoms in total. The molecule has 0 aromatic carbocycles. The standard InChI is InChI=1S/C67H118N18O24/c1-32(2)22-41(78-59(100)39(17-13-15-21-69)77-62(103)45(30-86)81-56(97)38(70)16-12-14-20-68)58(99)74-29-50(92)76-44(25-52(95)96)60(101)80-43(24-34(5)6)61(102)83-54(36(9)10)65(106)85-55(37(11)88)66(107)84-53(35(7)8)64(105)82-46(31-87)63(104)79-42(23-33(3)4)57(98)73-27-48(90)71-26-47(89)72-28-49(91)75-40(67(108)109)18-19-51(93)94/h32-46,53-55,86-88H,12-31,68-70H2,1-11H3,(H,71,90)(H,72,89)(H,73,98)(H,74,99)(H,75,91)(H,76,92)(H,77,103)(H,78,100)(H,79,104)(H,80,101)(H,81,97)(H,82,105)(H,83,102)(H,84,107)(H,85,106)(H,93,94)(H,95,96)(H,108,109)/t37-,38+,39+,40+,41+,42+,43+,44+,45+,46+,53+,54+,55+/m1/s1. The SMILES string of the molecule is CC(C)C[C@H](NC(=O)[C@H](CCCCN)NC(=O)[C@H](CO)NC(=O)[C@@H](N)CCCCN)C(=O)NCC(=O)N[C@@H](CC(=O)O)C(=O)N[C@@H](CC(C)C)C(=O)N[C@H](C(=O)N[C@H](C(=O)N[C@H](C(=O)N[C@@H](CO)C(=O)N[C@@H](CC(C)C)C(=O)NCC(=O)NCC(=O)NCC(=O)N[C@@H](CCC(=O)O)C(=O)O)C(C)C)[C@@H](C)O)C(C)C. The van der Waals surface area contributed by atoms with Gasteiger partial charge in [0.1, 0.15) is 66.5 Å². The summed E-state index contributed by atoms with van der Waals surface area (Å²) in [5.41, 5.74) is 17.1. The van der Waals surface area contributed by atoms with Gasteiger partial charge in [-0.1, -0.05) is 75.7 Å². The van der Waals surface area contributed by atoms with Crippen LogP contribution in [0.4, 0.5) is 0 Å². The lowest BCUT2D eigenvalue weighted by molar-refractivity contribution is -0.143. The lowest BCUT2D eigenvalue weighted by Gasteiger charge is -2.30. The van der Waals surface area contributed by atoms with Crippen LogP contribution in [0.2, 0.25) is 0 Å². The van der Waals surface area contributed by atoms with Crippen LogP contribution in [0.5, 0.6) is 0 Å². The van der Waals surface area contributed by atoms with E-state index in [9.17, 15) is 112 Å². The van der Waals surface area contributed by atoms with E-state index in [1.54, 1.807) is 41.5 Å². The van der Waals surface area contributed by atoms with E-state index in [1.807, 2.05) is 0 Å². The Balaban J connectivity index is 6.28. The number of aliphatic hydroxyl groups excluding tert-OH is 3. The number of hydrogen-bond donors (Lipinski definition) is 24. The van der Waals surface area contributed by atoms with Crippen molar-refractivity contribution in [3.05, 3.63) is 0 Å². The lowest BCUT2D eigenvalue weighted by atomic mass is 9.98. The van der Waals surface area contributed by atoms with E-state index in [1.165, 1.54) is 27.7 Å². The number of hydrogen-bond acceptors (Lipinski definition) is 24. The maximum absolute atomic E-state index is 14.2. The van der Waals surface area contributed by atoms with Gasteiger partial charge in [-0.2, -0.15) is 0 Å². The maximum atomic E-state index is 14.2. The predicted molar refractivity (Wildman–Crippen MR) is 388 cm³/mol. The summed E-state index contributed by atoms with van der Waals surface area (Å²) < 4.78 is 0. The van der Waals surface area contributed by atoms with Crippen molar-refractivity contribution in [2.24, 2.45) is 46.8 Å². The molecular formula is C67H118N18O24. The second kappa shape index (κ2) is 52.3. The largest absolute Gasteiger partial charge is 0.481 e. The molecule has 15 amide bonds. The number of aliphatic carboxylic acids is 3. The van der Waals surface area contributed by atoms with E-state index >= 15 is 0 Å². The Bertz CT molecular complexity index is 3070. The first-order valence-electron chi connectivity index (χ1n) is 36.1. The Morgan fingerprint density at radius 2 is 0.651 bits per heavy atom. The summed E-state index contributed by atoms with van der Waals surface area (Å²) in [5, 5.41) is 94.1. The number of rotatable bonds is 55. The Morgan fingerprint density at radius 3 is 1.06 bits per heavy atom. The van der Waals surface area contributed by atoms with Crippen LogP contribution in [0.1, 0.15) is 153 Å². The van der Waals surface area contributed by atoms with E-state index in [-0.39, 0.29) is 56.4 Å². The summed E-state index contributed by atoms with van der Waals surface area (Å²) >= 11 is 0. The number of unbranched alkanes of at least 4 members (excludes halogenated alkanes) is 2. The first-order chi connectivity index (χ1) is 50.9. The molecule has 0 aliphatic rings. The lowest BCUT2D eigenvalue weighted by Crippen LogP contribution is -2.63. The topological polar surface area (TPSA) is 687 Å². The third-order valence-electron chi connectivity index (χ3n) is 16.1. The summed E-state index contributed by atoms with van der Waals surface area (Å²) in [4.78, 5) is 236. The quantitative estimate of drug-likeness (QED) is 0.0252. The average Bonchev–Trinajstić information content (AvgIpc) is 0.843. The molecule has 0 heterocycles. The molecule has 0 aromatic rings. The monoisotopic (exact) mass is 1560 g/mol. The van der Waals surface area contributed by atoms with Crippen LogP contribution in [0.25, 0.3) is 0 Å². The normalized spacial score (nSPS) is 14.8. The van der Waals surface area contributed by atoms with E-state index in [0.29, 0.717) is 32.2 Å². The highest BCUT2D eigenvalue weighted by Gasteiger charge is 2.39. The molecule has 109 heavy (non-hydrogen) atoms. The number of nitrogens with two attached hydrogens (primary N) is 3. The molecule has 0 rings (SSSR count). The summed E-state index contributed by atoms with van der Waals surface area (Å²) in [6.45, 7) is 12.7. The molecule has 620 valence electrons. The average molecular weight is 1560 g/mol. The van der Waals surface area contributed by atoms with Crippen molar-refractivity contribution >= 4 is 107 Å². The third-order valence-corrected chi connectivity index (χ3v) is 16.1. The van der Waals surface area contributed by atoms with Crippen molar-refractivity contribution in [3.8, 4) is 0 Å². The molecule has 13 atom stereocenters.